The van der Waals surface area contributed by atoms with Gasteiger partial charge >= 0.3 is 0 Å². The molecule has 0 aliphatic carbocycles. The van der Waals surface area contributed by atoms with Crippen LogP contribution in [0.2, 0.25) is 0 Å². The van der Waals surface area contributed by atoms with Crippen LogP contribution < -0.4 is 0 Å². The van der Waals surface area contributed by atoms with Crippen molar-refractivity contribution in [1.29, 1.82) is 10.8 Å². The van der Waals surface area contributed by atoms with Gasteiger partial charge in [-0.3, -0.25) is 10.8 Å². The molecule has 0 unspecified atom stereocenters. The molecule has 2 N–H and O–H groups in total. The maximum absolute atomic E-state index is 7.51. The molecule has 1 aromatic rings. The Kier molecular flexibility index (Phi) is 3.76. The molecule has 0 radical (unpaired) electrons. The fourth-order valence-electron chi connectivity index (χ4n) is 0.782. The van der Waals surface area contributed by atoms with Gasteiger partial charge in [0.2, 0.25) is 5.90 Å². The van der Waals surface area contributed by atoms with Crippen LogP contribution >= 0.6 is 15.9 Å². The monoisotopic (exact) mass is 255 g/mol. The Morgan fingerprint density at radius 2 is 2.21 bits per heavy atom. The van der Waals surface area contributed by atoms with Crippen molar-refractivity contribution in [3.63, 3.8) is 0 Å². The minimum absolute atomic E-state index is 0.0665. The van der Waals surface area contributed by atoms with Crippen LogP contribution in [0.25, 0.3) is 0 Å². The van der Waals surface area contributed by atoms with Crippen molar-refractivity contribution in [2.75, 3.05) is 0 Å². The van der Waals surface area contributed by atoms with Gasteiger partial charge in [0.25, 0.3) is 0 Å². The van der Waals surface area contributed by atoms with Crippen LogP contribution in [0.4, 0.5) is 0 Å². The standard InChI is InChI=1S/C9H10BrN3O/c1-2-8(11)14-9(12)6-4-3-5-7(10)13-6/h3-5,11-12H,2H2,1H3. The summed E-state index contributed by atoms with van der Waals surface area (Å²) in [4.78, 5) is 4.03. The van der Waals surface area contributed by atoms with Gasteiger partial charge in [0.05, 0.1) is 0 Å². The quantitative estimate of drug-likeness (QED) is 0.485. The molecule has 0 saturated carbocycles. The SMILES string of the molecule is CCC(=N)OC(=N)c1cccc(Br)n1. The molecule has 5 heteroatoms. The fourth-order valence-corrected chi connectivity index (χ4v) is 1.13. The number of pyridine rings is 1. The Morgan fingerprint density at radius 1 is 1.50 bits per heavy atom. The number of hydrogen-bond donors (Lipinski definition) is 2. The Morgan fingerprint density at radius 3 is 2.79 bits per heavy atom. The molecule has 0 aliphatic heterocycles. The van der Waals surface area contributed by atoms with Crippen LogP contribution in [0.1, 0.15) is 19.0 Å². The van der Waals surface area contributed by atoms with Gasteiger partial charge in [-0.25, -0.2) is 4.98 Å². The van der Waals surface area contributed by atoms with E-state index < -0.39 is 0 Å². The van der Waals surface area contributed by atoms with Gasteiger partial charge < -0.3 is 4.74 Å². The Bertz CT molecular complexity index is 365. The lowest BCUT2D eigenvalue weighted by Gasteiger charge is -2.05. The number of halogens is 1. The summed E-state index contributed by atoms with van der Waals surface area (Å²) >= 11 is 3.20. The maximum Gasteiger partial charge on any atom is 0.239 e. The minimum atomic E-state index is -0.0989. The predicted molar refractivity (Wildman–Crippen MR) is 57.9 cm³/mol. The van der Waals surface area contributed by atoms with Crippen LogP contribution in [0.5, 0.6) is 0 Å². The van der Waals surface area contributed by atoms with Crippen LogP contribution in [0.15, 0.2) is 22.8 Å². The number of aromatic nitrogens is 1. The largest absolute Gasteiger partial charge is 0.424 e. The van der Waals surface area contributed by atoms with E-state index in [1.54, 1.807) is 25.1 Å². The molecular formula is C9H10BrN3O. The zero-order chi connectivity index (χ0) is 10.6. The molecule has 0 bridgehead atoms. The third kappa shape index (κ3) is 2.92. The van der Waals surface area contributed by atoms with Gasteiger partial charge in [0.1, 0.15) is 10.3 Å². The van der Waals surface area contributed by atoms with E-state index in [1.165, 1.54) is 0 Å². The van der Waals surface area contributed by atoms with E-state index in [-0.39, 0.29) is 11.8 Å². The lowest BCUT2D eigenvalue weighted by atomic mass is 10.3. The molecule has 0 amide bonds. The van der Waals surface area contributed by atoms with Crippen molar-refractivity contribution in [3.05, 3.63) is 28.5 Å². The summed E-state index contributed by atoms with van der Waals surface area (Å²) in [5, 5.41) is 14.8. The number of ether oxygens (including phenoxy) is 1. The lowest BCUT2D eigenvalue weighted by Crippen LogP contribution is -2.12. The van der Waals surface area contributed by atoms with Gasteiger partial charge in [-0.1, -0.05) is 13.0 Å². The zero-order valence-electron chi connectivity index (χ0n) is 7.67. The lowest BCUT2D eigenvalue weighted by molar-refractivity contribution is 0.518. The molecule has 0 aliphatic rings. The molecule has 0 spiro atoms. The molecule has 1 aromatic heterocycles. The van der Waals surface area contributed by atoms with Crippen molar-refractivity contribution in [3.8, 4) is 0 Å². The van der Waals surface area contributed by atoms with Gasteiger partial charge in [0, 0.05) is 6.42 Å². The molecule has 1 heterocycles. The van der Waals surface area contributed by atoms with E-state index >= 15 is 0 Å². The van der Waals surface area contributed by atoms with Gasteiger partial charge in [-0.05, 0) is 28.1 Å². The van der Waals surface area contributed by atoms with Crippen molar-refractivity contribution in [2.24, 2.45) is 0 Å². The highest BCUT2D eigenvalue weighted by molar-refractivity contribution is 9.10. The smallest absolute Gasteiger partial charge is 0.239 e. The van der Waals surface area contributed by atoms with E-state index in [2.05, 4.69) is 20.9 Å². The highest BCUT2D eigenvalue weighted by Crippen LogP contribution is 2.07. The molecule has 4 nitrogen and oxygen atoms in total. The first-order valence-corrected chi connectivity index (χ1v) is 4.89. The molecule has 0 saturated heterocycles. The second-order valence-corrected chi connectivity index (χ2v) is 3.37. The van der Waals surface area contributed by atoms with E-state index in [4.69, 9.17) is 15.6 Å². The van der Waals surface area contributed by atoms with E-state index in [0.717, 1.165) is 0 Å². The number of nitrogens with zero attached hydrogens (tertiary/aromatic N) is 1. The molecular weight excluding hydrogens is 246 g/mol. The molecule has 1 rings (SSSR count). The van der Waals surface area contributed by atoms with Gasteiger partial charge in [-0.15, -0.1) is 0 Å². The van der Waals surface area contributed by atoms with E-state index in [1.807, 2.05) is 0 Å². The Hall–Kier alpha value is -1.23. The summed E-state index contributed by atoms with van der Waals surface area (Å²) < 4.78 is 5.57. The Labute approximate surface area is 90.5 Å². The molecule has 14 heavy (non-hydrogen) atoms. The highest BCUT2D eigenvalue weighted by Gasteiger charge is 2.06. The van der Waals surface area contributed by atoms with Crippen molar-refractivity contribution < 1.29 is 4.74 Å². The second kappa shape index (κ2) is 4.85. The van der Waals surface area contributed by atoms with Crippen LogP contribution in [-0.4, -0.2) is 16.8 Å². The number of rotatable bonds is 2. The highest BCUT2D eigenvalue weighted by atomic mass is 79.9. The summed E-state index contributed by atoms with van der Waals surface area (Å²) in [7, 11) is 0. The fraction of sp³-hybridized carbons (Fsp3) is 0.222. The second-order valence-electron chi connectivity index (χ2n) is 2.55. The van der Waals surface area contributed by atoms with Gasteiger partial charge in [0.15, 0.2) is 5.90 Å². The molecule has 0 fully saturated rings. The normalized spacial score (nSPS) is 9.57. The first-order chi connectivity index (χ1) is 6.63. The predicted octanol–water partition coefficient (Wildman–Crippen LogP) is 2.57. The Balaban J connectivity index is 2.75. The number of hydrogen-bond acceptors (Lipinski definition) is 4. The summed E-state index contributed by atoms with van der Waals surface area (Å²) in [6.45, 7) is 1.80. The summed E-state index contributed by atoms with van der Waals surface area (Å²) in [5.74, 6) is -0.0325. The summed E-state index contributed by atoms with van der Waals surface area (Å²) in [6.07, 6.45) is 0.469. The van der Waals surface area contributed by atoms with E-state index in [9.17, 15) is 0 Å². The van der Waals surface area contributed by atoms with Crippen molar-refractivity contribution in [2.45, 2.75) is 13.3 Å². The summed E-state index contributed by atoms with van der Waals surface area (Å²) in [5.41, 5.74) is 0.414. The third-order valence-corrected chi connectivity index (χ3v) is 1.94. The first-order valence-electron chi connectivity index (χ1n) is 4.10. The number of nitrogens with one attached hydrogen (secondary N) is 2. The topological polar surface area (TPSA) is 69.8 Å². The summed E-state index contributed by atoms with van der Waals surface area (Å²) in [6, 6.07) is 5.19. The molecule has 0 atom stereocenters. The van der Waals surface area contributed by atoms with E-state index in [0.29, 0.717) is 16.7 Å². The van der Waals surface area contributed by atoms with Crippen LogP contribution in [0, 0.1) is 10.8 Å². The first kappa shape index (κ1) is 10.8. The molecule has 0 aromatic carbocycles. The zero-order valence-corrected chi connectivity index (χ0v) is 9.26. The average Bonchev–Trinajstić information content (AvgIpc) is 2.17. The minimum Gasteiger partial charge on any atom is -0.424 e. The van der Waals surface area contributed by atoms with Crippen LogP contribution in [-0.2, 0) is 4.74 Å². The van der Waals surface area contributed by atoms with Gasteiger partial charge in [-0.2, -0.15) is 0 Å². The maximum atomic E-state index is 7.51. The van der Waals surface area contributed by atoms with Crippen LogP contribution in [0.3, 0.4) is 0 Å². The van der Waals surface area contributed by atoms with Crippen molar-refractivity contribution >= 4 is 27.7 Å². The average molecular weight is 256 g/mol. The third-order valence-electron chi connectivity index (χ3n) is 1.49. The van der Waals surface area contributed by atoms with Crippen molar-refractivity contribution in [1.82, 2.24) is 4.98 Å². The molecule has 74 valence electrons.